The molecule has 0 unspecified atom stereocenters. The first-order valence-corrected chi connectivity index (χ1v) is 6.36. The van der Waals surface area contributed by atoms with Crippen molar-refractivity contribution < 1.29 is 4.42 Å². The van der Waals surface area contributed by atoms with Crippen molar-refractivity contribution >= 4 is 0 Å². The fourth-order valence-corrected chi connectivity index (χ4v) is 2.61. The standard InChI is InChI=1S/C13H22N2O/c14-8-9-15(11-13-7-4-10-16-13)12-5-2-1-3-6-12/h4,7,10,12H,1-3,5-6,8-9,11,14H2. The van der Waals surface area contributed by atoms with Crippen molar-refractivity contribution in [2.45, 2.75) is 44.7 Å². The molecule has 0 saturated heterocycles. The third-order valence-corrected chi connectivity index (χ3v) is 3.45. The zero-order valence-electron chi connectivity index (χ0n) is 9.90. The quantitative estimate of drug-likeness (QED) is 0.831. The van der Waals surface area contributed by atoms with Gasteiger partial charge in [0.25, 0.3) is 0 Å². The van der Waals surface area contributed by atoms with Gasteiger partial charge in [-0.25, -0.2) is 0 Å². The topological polar surface area (TPSA) is 42.4 Å². The number of rotatable bonds is 5. The monoisotopic (exact) mass is 222 g/mol. The second-order valence-electron chi connectivity index (χ2n) is 4.63. The van der Waals surface area contributed by atoms with Crippen LogP contribution in [-0.2, 0) is 6.54 Å². The van der Waals surface area contributed by atoms with Crippen LogP contribution >= 0.6 is 0 Å². The summed E-state index contributed by atoms with van der Waals surface area (Å²) in [6.07, 6.45) is 8.51. The van der Waals surface area contributed by atoms with Crippen LogP contribution < -0.4 is 5.73 Å². The summed E-state index contributed by atoms with van der Waals surface area (Å²) in [6.45, 7) is 2.62. The van der Waals surface area contributed by atoms with E-state index < -0.39 is 0 Å². The lowest BCUT2D eigenvalue weighted by Gasteiger charge is -2.33. The molecule has 1 aromatic heterocycles. The third-order valence-electron chi connectivity index (χ3n) is 3.45. The highest BCUT2D eigenvalue weighted by Gasteiger charge is 2.21. The summed E-state index contributed by atoms with van der Waals surface area (Å²) in [7, 11) is 0. The van der Waals surface area contributed by atoms with Crippen molar-refractivity contribution in [2.24, 2.45) is 5.73 Å². The van der Waals surface area contributed by atoms with Gasteiger partial charge in [0.15, 0.2) is 0 Å². The highest BCUT2D eigenvalue weighted by Crippen LogP contribution is 2.23. The molecule has 0 amide bonds. The van der Waals surface area contributed by atoms with Crippen LogP contribution in [0.4, 0.5) is 0 Å². The Hall–Kier alpha value is -0.800. The van der Waals surface area contributed by atoms with E-state index in [1.54, 1.807) is 6.26 Å². The van der Waals surface area contributed by atoms with E-state index >= 15 is 0 Å². The number of hydrogen-bond donors (Lipinski definition) is 1. The molecule has 2 rings (SSSR count). The van der Waals surface area contributed by atoms with Crippen LogP contribution in [0.5, 0.6) is 0 Å². The predicted octanol–water partition coefficient (Wildman–Crippen LogP) is 2.37. The Morgan fingerprint density at radius 2 is 2.12 bits per heavy atom. The minimum absolute atomic E-state index is 0.711. The van der Waals surface area contributed by atoms with Gasteiger partial charge in [-0.1, -0.05) is 19.3 Å². The minimum Gasteiger partial charge on any atom is -0.468 e. The lowest BCUT2D eigenvalue weighted by Crippen LogP contribution is -2.39. The number of nitrogens with two attached hydrogens (primary N) is 1. The molecule has 0 atom stereocenters. The van der Waals surface area contributed by atoms with E-state index in [9.17, 15) is 0 Å². The molecule has 0 radical (unpaired) electrons. The summed E-state index contributed by atoms with van der Waals surface area (Å²) in [5.74, 6) is 1.05. The number of hydrogen-bond acceptors (Lipinski definition) is 3. The fourth-order valence-electron chi connectivity index (χ4n) is 2.61. The molecule has 1 aromatic rings. The molecule has 1 fully saturated rings. The van der Waals surface area contributed by atoms with Crippen LogP contribution in [0.15, 0.2) is 22.8 Å². The molecule has 1 heterocycles. The van der Waals surface area contributed by atoms with Crippen molar-refractivity contribution in [3.05, 3.63) is 24.2 Å². The molecular formula is C13H22N2O. The van der Waals surface area contributed by atoms with Gasteiger partial charge in [0.1, 0.15) is 5.76 Å². The van der Waals surface area contributed by atoms with E-state index in [-0.39, 0.29) is 0 Å². The Morgan fingerprint density at radius 3 is 2.75 bits per heavy atom. The van der Waals surface area contributed by atoms with Crippen molar-refractivity contribution in [2.75, 3.05) is 13.1 Å². The normalized spacial score (nSPS) is 18.1. The van der Waals surface area contributed by atoms with E-state index in [0.717, 1.165) is 25.4 Å². The highest BCUT2D eigenvalue weighted by molar-refractivity contribution is 4.98. The van der Waals surface area contributed by atoms with E-state index in [1.165, 1.54) is 32.1 Å². The lowest BCUT2D eigenvalue weighted by atomic mass is 9.94. The maximum atomic E-state index is 5.69. The first-order chi connectivity index (χ1) is 7.90. The molecule has 0 aromatic carbocycles. The summed E-state index contributed by atoms with van der Waals surface area (Å²) in [5, 5.41) is 0. The maximum Gasteiger partial charge on any atom is 0.117 e. The second kappa shape index (κ2) is 6.06. The van der Waals surface area contributed by atoms with Crippen LogP contribution in [0, 0.1) is 0 Å². The SMILES string of the molecule is NCCN(Cc1ccco1)C1CCCCC1. The van der Waals surface area contributed by atoms with Gasteiger partial charge in [0.2, 0.25) is 0 Å². The van der Waals surface area contributed by atoms with E-state index in [4.69, 9.17) is 10.2 Å². The molecule has 0 bridgehead atoms. The van der Waals surface area contributed by atoms with Gasteiger partial charge < -0.3 is 10.2 Å². The Morgan fingerprint density at radius 1 is 1.31 bits per heavy atom. The molecule has 0 spiro atoms. The third kappa shape index (κ3) is 3.09. The maximum absolute atomic E-state index is 5.69. The summed E-state index contributed by atoms with van der Waals surface area (Å²) in [5.41, 5.74) is 5.69. The predicted molar refractivity (Wildman–Crippen MR) is 65.0 cm³/mol. The Balaban J connectivity index is 1.92. The molecule has 2 N–H and O–H groups in total. The zero-order chi connectivity index (χ0) is 11.2. The Labute approximate surface area is 97.6 Å². The van der Waals surface area contributed by atoms with Crippen molar-refractivity contribution in [3.63, 3.8) is 0 Å². The van der Waals surface area contributed by atoms with Crippen LogP contribution in [0.1, 0.15) is 37.9 Å². The molecule has 90 valence electrons. The molecule has 1 saturated carbocycles. The van der Waals surface area contributed by atoms with Gasteiger partial charge in [0, 0.05) is 19.1 Å². The summed E-state index contributed by atoms with van der Waals surface area (Å²) < 4.78 is 5.42. The zero-order valence-corrected chi connectivity index (χ0v) is 9.90. The van der Waals surface area contributed by atoms with Gasteiger partial charge in [0.05, 0.1) is 12.8 Å². The number of furan rings is 1. The molecular weight excluding hydrogens is 200 g/mol. The summed E-state index contributed by atoms with van der Waals surface area (Å²) >= 11 is 0. The largest absolute Gasteiger partial charge is 0.468 e. The summed E-state index contributed by atoms with van der Waals surface area (Å²) in [6, 6.07) is 4.71. The van der Waals surface area contributed by atoms with E-state index in [2.05, 4.69) is 4.90 Å². The van der Waals surface area contributed by atoms with Crippen molar-refractivity contribution in [3.8, 4) is 0 Å². The van der Waals surface area contributed by atoms with Crippen molar-refractivity contribution in [1.82, 2.24) is 4.90 Å². The molecule has 16 heavy (non-hydrogen) atoms. The van der Waals surface area contributed by atoms with Gasteiger partial charge in [-0.15, -0.1) is 0 Å². The minimum atomic E-state index is 0.711. The Kier molecular flexibility index (Phi) is 4.43. The average Bonchev–Trinajstić information content (AvgIpc) is 2.83. The van der Waals surface area contributed by atoms with E-state index in [0.29, 0.717) is 6.04 Å². The lowest BCUT2D eigenvalue weighted by molar-refractivity contribution is 0.142. The smallest absolute Gasteiger partial charge is 0.117 e. The van der Waals surface area contributed by atoms with E-state index in [1.807, 2.05) is 12.1 Å². The fraction of sp³-hybridized carbons (Fsp3) is 0.692. The molecule has 0 aliphatic heterocycles. The summed E-state index contributed by atoms with van der Waals surface area (Å²) in [4.78, 5) is 2.48. The highest BCUT2D eigenvalue weighted by atomic mass is 16.3. The van der Waals surface area contributed by atoms with Gasteiger partial charge in [-0.05, 0) is 25.0 Å². The van der Waals surface area contributed by atoms with Gasteiger partial charge >= 0.3 is 0 Å². The second-order valence-corrected chi connectivity index (χ2v) is 4.63. The molecule has 3 nitrogen and oxygen atoms in total. The molecule has 1 aliphatic carbocycles. The van der Waals surface area contributed by atoms with Crippen LogP contribution in [0.25, 0.3) is 0 Å². The first-order valence-electron chi connectivity index (χ1n) is 6.36. The van der Waals surface area contributed by atoms with Crippen LogP contribution in [0.3, 0.4) is 0 Å². The first kappa shape index (κ1) is 11.7. The Bertz CT molecular complexity index is 278. The van der Waals surface area contributed by atoms with Crippen LogP contribution in [0.2, 0.25) is 0 Å². The van der Waals surface area contributed by atoms with Gasteiger partial charge in [-0.3, -0.25) is 4.90 Å². The molecule has 3 heteroatoms. The number of nitrogens with zero attached hydrogens (tertiary/aromatic N) is 1. The molecule has 1 aliphatic rings. The van der Waals surface area contributed by atoms with Crippen LogP contribution in [-0.4, -0.2) is 24.0 Å². The average molecular weight is 222 g/mol. The van der Waals surface area contributed by atoms with Gasteiger partial charge in [-0.2, -0.15) is 0 Å². The van der Waals surface area contributed by atoms with Crippen molar-refractivity contribution in [1.29, 1.82) is 0 Å².